The van der Waals surface area contributed by atoms with E-state index in [0.29, 0.717) is 28.4 Å². The summed E-state index contributed by atoms with van der Waals surface area (Å²) in [5.74, 6) is 0.401. The molecule has 0 bridgehead atoms. The number of rotatable bonds is 8. The van der Waals surface area contributed by atoms with Gasteiger partial charge in [0, 0.05) is 16.3 Å². The van der Waals surface area contributed by atoms with Gasteiger partial charge in [-0.2, -0.15) is 0 Å². The third-order valence-corrected chi connectivity index (χ3v) is 7.27. The lowest BCUT2D eigenvalue weighted by molar-refractivity contribution is -0.113. The molecule has 0 saturated carbocycles. The van der Waals surface area contributed by atoms with Crippen LogP contribution in [0.5, 0.6) is 0 Å². The van der Waals surface area contributed by atoms with Crippen molar-refractivity contribution in [2.24, 2.45) is 0 Å². The molecule has 0 fully saturated rings. The molecule has 3 aromatic carbocycles. The number of hydrogen-bond acceptors (Lipinski definition) is 6. The summed E-state index contributed by atoms with van der Waals surface area (Å²) in [5, 5.41) is 12.6. The van der Waals surface area contributed by atoms with Gasteiger partial charge in [0.25, 0.3) is 5.56 Å². The third kappa shape index (κ3) is 4.73. The van der Waals surface area contributed by atoms with E-state index in [-0.39, 0.29) is 17.2 Å². The van der Waals surface area contributed by atoms with Crippen molar-refractivity contribution in [3.63, 3.8) is 0 Å². The first kappa shape index (κ1) is 22.9. The van der Waals surface area contributed by atoms with Crippen molar-refractivity contribution < 1.29 is 4.79 Å². The standard InChI is InChI=1S/C26H21N5O2S2/c1-2-16-30-24(33)19-12-6-8-14-21(19)31-25(30)28-29-26(31)34-17-23(32)27-20-13-7-9-15-22(20)35-18-10-4-3-5-11-18/h2-15H,1,16-17H2,(H,27,32). The molecule has 0 saturated heterocycles. The minimum absolute atomic E-state index is 0.139. The number of carbonyl (C=O) groups is 1. The van der Waals surface area contributed by atoms with Crippen LogP contribution in [0.1, 0.15) is 0 Å². The number of hydrogen-bond donors (Lipinski definition) is 1. The fourth-order valence-corrected chi connectivity index (χ4v) is 5.37. The van der Waals surface area contributed by atoms with Crippen molar-refractivity contribution in [3.05, 3.63) is 102 Å². The minimum atomic E-state index is -0.156. The number of aromatic nitrogens is 4. The molecule has 1 N–H and O–H groups in total. The molecule has 0 aliphatic heterocycles. The molecule has 35 heavy (non-hydrogen) atoms. The zero-order chi connectivity index (χ0) is 24.2. The highest BCUT2D eigenvalue weighted by molar-refractivity contribution is 8.00. The van der Waals surface area contributed by atoms with Crippen molar-refractivity contribution >= 4 is 51.8 Å². The number of allylic oxidation sites excluding steroid dienone is 1. The number of anilines is 1. The molecule has 0 aliphatic carbocycles. The lowest BCUT2D eigenvalue weighted by atomic mass is 10.2. The second-order valence-electron chi connectivity index (χ2n) is 7.59. The molecule has 7 nitrogen and oxygen atoms in total. The molecule has 5 rings (SSSR count). The molecule has 9 heteroatoms. The summed E-state index contributed by atoms with van der Waals surface area (Å²) in [6, 6.07) is 25.1. The fourth-order valence-electron chi connectivity index (χ4n) is 3.71. The maximum atomic E-state index is 12.9. The topological polar surface area (TPSA) is 81.3 Å². The average molecular weight is 500 g/mol. The molecular weight excluding hydrogens is 478 g/mol. The highest BCUT2D eigenvalue weighted by Gasteiger charge is 2.17. The van der Waals surface area contributed by atoms with E-state index in [1.54, 1.807) is 23.9 Å². The predicted octanol–water partition coefficient (Wildman–Crippen LogP) is 5.11. The summed E-state index contributed by atoms with van der Waals surface area (Å²) >= 11 is 2.87. The predicted molar refractivity (Wildman–Crippen MR) is 141 cm³/mol. The molecule has 2 heterocycles. The van der Waals surface area contributed by atoms with Gasteiger partial charge in [-0.3, -0.25) is 18.6 Å². The molecule has 174 valence electrons. The smallest absolute Gasteiger partial charge is 0.263 e. The summed E-state index contributed by atoms with van der Waals surface area (Å²) in [5.41, 5.74) is 1.30. The van der Waals surface area contributed by atoms with E-state index in [9.17, 15) is 9.59 Å². The van der Waals surface area contributed by atoms with Crippen molar-refractivity contribution in [1.82, 2.24) is 19.2 Å². The second kappa shape index (κ2) is 10.2. The van der Waals surface area contributed by atoms with E-state index >= 15 is 0 Å². The molecular formula is C26H21N5O2S2. The van der Waals surface area contributed by atoms with Gasteiger partial charge in [-0.1, -0.05) is 72.1 Å². The first-order chi connectivity index (χ1) is 17.2. The van der Waals surface area contributed by atoms with E-state index in [1.807, 2.05) is 77.2 Å². The molecule has 0 unspecified atom stereocenters. The van der Waals surface area contributed by atoms with Crippen LogP contribution in [0, 0.1) is 0 Å². The SMILES string of the molecule is C=CCn1c(=O)c2ccccc2n2c(SCC(=O)Nc3ccccc3Sc3ccccc3)nnc12. The van der Waals surface area contributed by atoms with E-state index in [0.717, 1.165) is 15.5 Å². The summed E-state index contributed by atoms with van der Waals surface area (Å²) in [7, 11) is 0. The maximum absolute atomic E-state index is 12.9. The average Bonchev–Trinajstić information content (AvgIpc) is 3.31. The molecule has 0 aliphatic rings. The van der Waals surface area contributed by atoms with Gasteiger partial charge in [-0.25, -0.2) is 0 Å². The largest absolute Gasteiger partial charge is 0.324 e. The Kier molecular flexibility index (Phi) is 6.69. The van der Waals surface area contributed by atoms with Crippen LogP contribution < -0.4 is 10.9 Å². The van der Waals surface area contributed by atoms with E-state index in [1.165, 1.54) is 16.3 Å². The Balaban J connectivity index is 1.39. The molecule has 0 radical (unpaired) electrons. The maximum Gasteiger partial charge on any atom is 0.263 e. The first-order valence-electron chi connectivity index (χ1n) is 10.9. The van der Waals surface area contributed by atoms with Gasteiger partial charge in [-0.05, 0) is 36.4 Å². The first-order valence-corrected chi connectivity index (χ1v) is 12.7. The number of carbonyl (C=O) groups excluding carboxylic acids is 1. The monoisotopic (exact) mass is 499 g/mol. The highest BCUT2D eigenvalue weighted by atomic mass is 32.2. The third-order valence-electron chi connectivity index (χ3n) is 5.25. The number of para-hydroxylation sites is 2. The Morgan fingerprint density at radius 3 is 2.54 bits per heavy atom. The summed E-state index contributed by atoms with van der Waals surface area (Å²) in [4.78, 5) is 27.9. The number of amides is 1. The summed E-state index contributed by atoms with van der Waals surface area (Å²) < 4.78 is 3.35. The summed E-state index contributed by atoms with van der Waals surface area (Å²) in [6.45, 7) is 4.06. The van der Waals surface area contributed by atoms with Gasteiger partial charge in [0.15, 0.2) is 5.16 Å². The Labute approximate surface area is 209 Å². The second-order valence-corrected chi connectivity index (χ2v) is 9.65. The molecule has 2 aromatic heterocycles. The number of fused-ring (bicyclic) bond motifs is 3. The van der Waals surface area contributed by atoms with Crippen molar-refractivity contribution in [3.8, 4) is 0 Å². The van der Waals surface area contributed by atoms with Crippen LogP contribution in [-0.2, 0) is 11.3 Å². The van der Waals surface area contributed by atoms with Gasteiger partial charge in [0.05, 0.1) is 22.3 Å². The zero-order valence-corrected chi connectivity index (χ0v) is 20.3. The number of benzene rings is 3. The summed E-state index contributed by atoms with van der Waals surface area (Å²) in [6.07, 6.45) is 1.65. The molecule has 1 amide bonds. The Hall–Kier alpha value is -3.82. The van der Waals surface area contributed by atoms with Gasteiger partial charge in [-0.15, -0.1) is 16.8 Å². The van der Waals surface area contributed by atoms with Gasteiger partial charge < -0.3 is 5.32 Å². The number of nitrogens with one attached hydrogen (secondary N) is 1. The van der Waals surface area contributed by atoms with Crippen LogP contribution >= 0.6 is 23.5 Å². The van der Waals surface area contributed by atoms with E-state index in [2.05, 4.69) is 22.1 Å². The van der Waals surface area contributed by atoms with Crippen molar-refractivity contribution in [1.29, 1.82) is 0 Å². The van der Waals surface area contributed by atoms with Crippen LogP contribution in [0.15, 0.2) is 111 Å². The Morgan fingerprint density at radius 2 is 1.71 bits per heavy atom. The molecule has 0 atom stereocenters. The highest BCUT2D eigenvalue weighted by Crippen LogP contribution is 2.33. The van der Waals surface area contributed by atoms with E-state index < -0.39 is 0 Å². The zero-order valence-electron chi connectivity index (χ0n) is 18.6. The van der Waals surface area contributed by atoms with Gasteiger partial charge in [0.2, 0.25) is 11.7 Å². The Morgan fingerprint density at radius 1 is 0.971 bits per heavy atom. The fraction of sp³-hybridized carbons (Fsp3) is 0.0769. The Bertz CT molecular complexity index is 1590. The van der Waals surface area contributed by atoms with Gasteiger partial charge in [0.1, 0.15) is 0 Å². The lowest BCUT2D eigenvalue weighted by Crippen LogP contribution is -2.22. The normalized spacial score (nSPS) is 11.1. The van der Waals surface area contributed by atoms with Crippen LogP contribution in [0.2, 0.25) is 0 Å². The number of thioether (sulfide) groups is 1. The number of nitrogens with zero attached hydrogens (tertiary/aromatic N) is 4. The van der Waals surface area contributed by atoms with Gasteiger partial charge >= 0.3 is 0 Å². The van der Waals surface area contributed by atoms with Crippen LogP contribution in [-0.4, -0.2) is 30.8 Å². The van der Waals surface area contributed by atoms with E-state index in [4.69, 9.17) is 0 Å². The molecule has 0 spiro atoms. The molecule has 5 aromatic rings. The lowest BCUT2D eigenvalue weighted by Gasteiger charge is -2.11. The van der Waals surface area contributed by atoms with Crippen molar-refractivity contribution in [2.75, 3.05) is 11.1 Å². The van der Waals surface area contributed by atoms with Crippen molar-refractivity contribution in [2.45, 2.75) is 21.5 Å². The minimum Gasteiger partial charge on any atom is -0.324 e. The van der Waals surface area contributed by atoms with Crippen LogP contribution in [0.3, 0.4) is 0 Å². The quantitative estimate of drug-likeness (QED) is 0.236. The van der Waals surface area contributed by atoms with Crippen LogP contribution in [0.4, 0.5) is 5.69 Å². The van der Waals surface area contributed by atoms with Crippen LogP contribution in [0.25, 0.3) is 16.7 Å².